The standard InChI is InChI=1S/C22H25N5O2/c1-15-12-16(2)14-17(13-15)23-21(28)19-18-6-4-5-7-27(18)20(24-19)22(29)26-10-8-25(3)9-11-26/h4-7,12-14H,8-11H2,1-3H3,(H,23,28). The van der Waals surface area contributed by atoms with E-state index < -0.39 is 0 Å². The number of likely N-dealkylation sites (N-methyl/N-ethyl adjacent to an activating group) is 1. The number of rotatable bonds is 3. The first-order chi connectivity index (χ1) is 13.9. The predicted octanol–water partition coefficient (Wildman–Crippen LogP) is 2.59. The minimum atomic E-state index is -0.323. The second kappa shape index (κ2) is 7.67. The molecule has 2 amide bonds. The van der Waals surface area contributed by atoms with Crippen molar-refractivity contribution in [1.82, 2.24) is 19.2 Å². The third-order valence-corrected chi connectivity index (χ3v) is 5.22. The Morgan fingerprint density at radius 3 is 2.38 bits per heavy atom. The number of hydrogen-bond acceptors (Lipinski definition) is 4. The smallest absolute Gasteiger partial charge is 0.290 e. The quantitative estimate of drug-likeness (QED) is 0.745. The molecule has 0 saturated carbocycles. The Kier molecular flexibility index (Phi) is 5.07. The van der Waals surface area contributed by atoms with Gasteiger partial charge in [-0.3, -0.25) is 14.0 Å². The Bertz CT molecular complexity index is 1060. The number of benzene rings is 1. The average Bonchev–Trinajstić information content (AvgIpc) is 3.07. The van der Waals surface area contributed by atoms with E-state index in [1.54, 1.807) is 15.5 Å². The maximum atomic E-state index is 13.1. The van der Waals surface area contributed by atoms with Gasteiger partial charge in [0.05, 0.1) is 5.52 Å². The highest BCUT2D eigenvalue weighted by Crippen LogP contribution is 2.19. The van der Waals surface area contributed by atoms with Crippen LogP contribution in [0.5, 0.6) is 0 Å². The first-order valence-corrected chi connectivity index (χ1v) is 9.77. The molecule has 2 aromatic heterocycles. The van der Waals surface area contributed by atoms with Crippen molar-refractivity contribution in [3.63, 3.8) is 0 Å². The summed E-state index contributed by atoms with van der Waals surface area (Å²) in [5, 5.41) is 2.92. The van der Waals surface area contributed by atoms with Crippen LogP contribution in [0, 0.1) is 13.8 Å². The van der Waals surface area contributed by atoms with Gasteiger partial charge >= 0.3 is 0 Å². The highest BCUT2D eigenvalue weighted by atomic mass is 16.2. The van der Waals surface area contributed by atoms with E-state index in [2.05, 4.69) is 21.3 Å². The summed E-state index contributed by atoms with van der Waals surface area (Å²) in [4.78, 5) is 34.5. The highest BCUT2D eigenvalue weighted by molar-refractivity contribution is 6.09. The molecule has 7 nitrogen and oxygen atoms in total. The third kappa shape index (κ3) is 3.86. The SMILES string of the molecule is Cc1cc(C)cc(NC(=O)c2nc(C(=O)N3CCN(C)CC3)n3ccccc23)c1. The van der Waals surface area contributed by atoms with E-state index in [9.17, 15) is 9.59 Å². The van der Waals surface area contributed by atoms with Crippen LogP contribution in [0.25, 0.3) is 5.52 Å². The van der Waals surface area contributed by atoms with Crippen LogP contribution >= 0.6 is 0 Å². The van der Waals surface area contributed by atoms with Crippen molar-refractivity contribution >= 4 is 23.0 Å². The van der Waals surface area contributed by atoms with E-state index in [1.807, 2.05) is 51.2 Å². The first-order valence-electron chi connectivity index (χ1n) is 9.77. The predicted molar refractivity (Wildman–Crippen MR) is 112 cm³/mol. The molecule has 150 valence electrons. The number of aryl methyl sites for hydroxylation is 2. The molecule has 0 aliphatic carbocycles. The van der Waals surface area contributed by atoms with Gasteiger partial charge in [0, 0.05) is 38.1 Å². The number of pyridine rings is 1. The number of amides is 2. The molecule has 0 atom stereocenters. The number of aromatic nitrogens is 2. The molecule has 29 heavy (non-hydrogen) atoms. The van der Waals surface area contributed by atoms with Crippen molar-refractivity contribution in [3.8, 4) is 0 Å². The molecule has 1 aliphatic rings. The molecule has 1 N–H and O–H groups in total. The maximum Gasteiger partial charge on any atom is 0.290 e. The molecule has 1 fully saturated rings. The molecule has 1 aromatic carbocycles. The maximum absolute atomic E-state index is 13.1. The summed E-state index contributed by atoms with van der Waals surface area (Å²) in [6.07, 6.45) is 1.78. The molecule has 3 aromatic rings. The van der Waals surface area contributed by atoms with Gasteiger partial charge in [0.25, 0.3) is 11.8 Å². The van der Waals surface area contributed by atoms with Crippen molar-refractivity contribution in [3.05, 3.63) is 65.2 Å². The van der Waals surface area contributed by atoms with E-state index in [0.29, 0.717) is 18.6 Å². The lowest BCUT2D eigenvalue weighted by Gasteiger charge is -2.31. The number of anilines is 1. The summed E-state index contributed by atoms with van der Waals surface area (Å²) in [6, 6.07) is 11.4. The zero-order chi connectivity index (χ0) is 20.5. The molecule has 3 heterocycles. The van der Waals surface area contributed by atoms with Crippen molar-refractivity contribution in [2.45, 2.75) is 13.8 Å². The number of nitrogens with one attached hydrogen (secondary N) is 1. The highest BCUT2D eigenvalue weighted by Gasteiger charge is 2.27. The van der Waals surface area contributed by atoms with Crippen LogP contribution in [0.15, 0.2) is 42.6 Å². The minimum absolute atomic E-state index is 0.148. The van der Waals surface area contributed by atoms with E-state index in [4.69, 9.17) is 0 Å². The monoisotopic (exact) mass is 391 g/mol. The lowest BCUT2D eigenvalue weighted by atomic mass is 10.1. The number of carbonyl (C=O) groups is 2. The number of hydrogen-bond donors (Lipinski definition) is 1. The Morgan fingerprint density at radius 2 is 1.69 bits per heavy atom. The lowest BCUT2D eigenvalue weighted by Crippen LogP contribution is -2.47. The van der Waals surface area contributed by atoms with E-state index in [0.717, 1.165) is 29.9 Å². The van der Waals surface area contributed by atoms with Gasteiger partial charge < -0.3 is 15.1 Å². The molecule has 0 bridgehead atoms. The van der Waals surface area contributed by atoms with Crippen LogP contribution in [-0.2, 0) is 0 Å². The van der Waals surface area contributed by atoms with Crippen LogP contribution in [0.1, 0.15) is 32.2 Å². The fraction of sp³-hybridized carbons (Fsp3) is 0.318. The number of carbonyl (C=O) groups excluding carboxylic acids is 2. The van der Waals surface area contributed by atoms with Crippen LogP contribution in [0.4, 0.5) is 5.69 Å². The number of fused-ring (bicyclic) bond motifs is 1. The van der Waals surface area contributed by atoms with Crippen LogP contribution in [0.3, 0.4) is 0 Å². The number of imidazole rings is 1. The number of piperazine rings is 1. The Balaban J connectivity index is 1.66. The van der Waals surface area contributed by atoms with Gasteiger partial charge in [-0.25, -0.2) is 4.98 Å². The molecule has 0 radical (unpaired) electrons. The fourth-order valence-electron chi connectivity index (χ4n) is 3.74. The van der Waals surface area contributed by atoms with Crippen molar-refractivity contribution in [1.29, 1.82) is 0 Å². The zero-order valence-electron chi connectivity index (χ0n) is 17.0. The summed E-state index contributed by atoms with van der Waals surface area (Å²) in [7, 11) is 2.04. The van der Waals surface area contributed by atoms with Crippen molar-refractivity contribution in [2.24, 2.45) is 0 Å². The first kappa shape index (κ1) is 19.1. The molecule has 1 saturated heterocycles. The average molecular weight is 391 g/mol. The Morgan fingerprint density at radius 1 is 1.00 bits per heavy atom. The molecular weight excluding hydrogens is 366 g/mol. The molecule has 0 unspecified atom stereocenters. The van der Waals surface area contributed by atoms with Crippen LogP contribution in [-0.4, -0.2) is 64.2 Å². The van der Waals surface area contributed by atoms with Crippen LogP contribution < -0.4 is 5.32 Å². The fourth-order valence-corrected chi connectivity index (χ4v) is 3.74. The summed E-state index contributed by atoms with van der Waals surface area (Å²) in [5.74, 6) is -0.198. The van der Waals surface area contributed by atoms with Gasteiger partial charge in [0.15, 0.2) is 5.69 Å². The van der Waals surface area contributed by atoms with Gasteiger partial charge in [-0.05, 0) is 56.3 Å². The molecule has 4 rings (SSSR count). The molecular formula is C22H25N5O2. The third-order valence-electron chi connectivity index (χ3n) is 5.22. The summed E-state index contributed by atoms with van der Waals surface area (Å²) < 4.78 is 1.71. The van der Waals surface area contributed by atoms with Gasteiger partial charge in [0.1, 0.15) is 0 Å². The summed E-state index contributed by atoms with van der Waals surface area (Å²) in [6.45, 7) is 6.94. The van der Waals surface area contributed by atoms with E-state index in [1.165, 1.54) is 0 Å². The summed E-state index contributed by atoms with van der Waals surface area (Å²) in [5.41, 5.74) is 3.73. The van der Waals surface area contributed by atoms with Crippen molar-refractivity contribution < 1.29 is 9.59 Å². The van der Waals surface area contributed by atoms with Gasteiger partial charge in [-0.15, -0.1) is 0 Å². The van der Waals surface area contributed by atoms with Crippen LogP contribution in [0.2, 0.25) is 0 Å². The largest absolute Gasteiger partial charge is 0.333 e. The van der Waals surface area contributed by atoms with Gasteiger partial charge in [0.2, 0.25) is 5.82 Å². The topological polar surface area (TPSA) is 70.0 Å². The number of nitrogens with zero attached hydrogens (tertiary/aromatic N) is 4. The van der Waals surface area contributed by atoms with Gasteiger partial charge in [-0.1, -0.05) is 12.1 Å². The summed E-state index contributed by atoms with van der Waals surface area (Å²) >= 11 is 0. The zero-order valence-corrected chi connectivity index (χ0v) is 17.0. The second-order valence-corrected chi connectivity index (χ2v) is 7.67. The molecule has 0 spiro atoms. The second-order valence-electron chi connectivity index (χ2n) is 7.67. The van der Waals surface area contributed by atoms with E-state index >= 15 is 0 Å². The van der Waals surface area contributed by atoms with Gasteiger partial charge in [-0.2, -0.15) is 0 Å². The minimum Gasteiger partial charge on any atom is -0.333 e. The normalized spacial score (nSPS) is 14.9. The Labute approximate surface area is 169 Å². The lowest BCUT2D eigenvalue weighted by molar-refractivity contribution is 0.0651. The molecule has 1 aliphatic heterocycles. The Hall–Kier alpha value is -3.19. The van der Waals surface area contributed by atoms with E-state index in [-0.39, 0.29) is 23.3 Å². The molecule has 7 heteroatoms. The van der Waals surface area contributed by atoms with Crippen molar-refractivity contribution in [2.75, 3.05) is 38.5 Å².